The first-order valence-corrected chi connectivity index (χ1v) is 6.55. The van der Waals surface area contributed by atoms with Gasteiger partial charge in [0.2, 0.25) is 0 Å². The molecule has 0 spiro atoms. The van der Waals surface area contributed by atoms with E-state index < -0.39 is 0 Å². The van der Waals surface area contributed by atoms with Crippen LogP contribution >= 0.6 is 0 Å². The minimum atomic E-state index is -0.250. The number of benzene rings is 1. The van der Waals surface area contributed by atoms with E-state index in [4.69, 9.17) is 4.74 Å². The molecule has 19 heavy (non-hydrogen) atoms. The number of ether oxygens (including phenoxy) is 1. The zero-order chi connectivity index (χ0) is 13.5. The van der Waals surface area contributed by atoms with Crippen molar-refractivity contribution >= 4 is 16.8 Å². The Morgan fingerprint density at radius 2 is 2.21 bits per heavy atom. The lowest BCUT2D eigenvalue weighted by molar-refractivity contribution is -0.0370. The molecular formula is C15H18N2O2. The summed E-state index contributed by atoms with van der Waals surface area (Å²) in [7, 11) is 0. The Hall–Kier alpha value is -1.81. The number of amides is 1. The van der Waals surface area contributed by atoms with E-state index in [0.29, 0.717) is 19.8 Å². The number of aromatic nitrogens is 1. The standard InChI is InChI=1S/C15H18N2O2/c1-15(2)10-19-8-7-17(15)14(18)12-4-3-11-5-6-16-13(11)9-12/h3-6,9,16H,7-8,10H2,1-2H3. The van der Waals surface area contributed by atoms with E-state index in [1.165, 1.54) is 0 Å². The van der Waals surface area contributed by atoms with Crippen LogP contribution in [0.15, 0.2) is 30.5 Å². The van der Waals surface area contributed by atoms with Crippen LogP contribution in [0.25, 0.3) is 10.9 Å². The number of morpholine rings is 1. The molecule has 0 radical (unpaired) electrons. The number of hydrogen-bond acceptors (Lipinski definition) is 2. The molecule has 3 rings (SSSR count). The minimum absolute atomic E-state index is 0.0739. The van der Waals surface area contributed by atoms with Gasteiger partial charge < -0.3 is 14.6 Å². The van der Waals surface area contributed by atoms with Crippen LogP contribution in [0, 0.1) is 0 Å². The third kappa shape index (κ3) is 2.12. The van der Waals surface area contributed by atoms with E-state index in [0.717, 1.165) is 16.5 Å². The molecule has 1 amide bonds. The molecule has 1 saturated heterocycles. The maximum Gasteiger partial charge on any atom is 0.254 e. The summed E-state index contributed by atoms with van der Waals surface area (Å²) in [6.45, 7) is 5.92. The van der Waals surface area contributed by atoms with Gasteiger partial charge in [0.1, 0.15) is 0 Å². The second-order valence-electron chi connectivity index (χ2n) is 5.60. The van der Waals surface area contributed by atoms with Crippen LogP contribution in [0.5, 0.6) is 0 Å². The maximum absolute atomic E-state index is 12.6. The summed E-state index contributed by atoms with van der Waals surface area (Å²) >= 11 is 0. The predicted molar refractivity (Wildman–Crippen MR) is 74.2 cm³/mol. The normalized spacial score (nSPS) is 18.7. The lowest BCUT2D eigenvalue weighted by atomic mass is 10.0. The number of fused-ring (bicyclic) bond motifs is 1. The lowest BCUT2D eigenvalue weighted by Crippen LogP contribution is -2.55. The van der Waals surface area contributed by atoms with Crippen LogP contribution in [-0.4, -0.2) is 41.1 Å². The lowest BCUT2D eigenvalue weighted by Gasteiger charge is -2.42. The first-order chi connectivity index (χ1) is 9.08. The molecule has 1 N–H and O–H groups in total. The van der Waals surface area contributed by atoms with Crippen molar-refractivity contribution in [3.63, 3.8) is 0 Å². The molecule has 1 aromatic heterocycles. The van der Waals surface area contributed by atoms with Crippen molar-refractivity contribution in [2.45, 2.75) is 19.4 Å². The zero-order valence-electron chi connectivity index (χ0n) is 11.3. The molecule has 0 atom stereocenters. The molecule has 1 aromatic carbocycles. The highest BCUT2D eigenvalue weighted by molar-refractivity contribution is 5.98. The van der Waals surface area contributed by atoms with Crippen molar-refractivity contribution in [2.24, 2.45) is 0 Å². The molecule has 0 unspecified atom stereocenters. The molecule has 1 aliphatic heterocycles. The first kappa shape index (κ1) is 12.2. The Kier molecular flexibility index (Phi) is 2.82. The molecular weight excluding hydrogens is 240 g/mol. The SMILES string of the molecule is CC1(C)COCCN1C(=O)c1ccc2cc[nH]c2c1. The van der Waals surface area contributed by atoms with E-state index >= 15 is 0 Å². The smallest absolute Gasteiger partial charge is 0.254 e. The Balaban J connectivity index is 1.94. The van der Waals surface area contributed by atoms with Crippen LogP contribution in [0.1, 0.15) is 24.2 Å². The summed E-state index contributed by atoms with van der Waals surface area (Å²) in [5, 5.41) is 1.12. The summed E-state index contributed by atoms with van der Waals surface area (Å²) in [6, 6.07) is 7.79. The largest absolute Gasteiger partial charge is 0.377 e. The van der Waals surface area contributed by atoms with Gasteiger partial charge in [-0.15, -0.1) is 0 Å². The first-order valence-electron chi connectivity index (χ1n) is 6.55. The van der Waals surface area contributed by atoms with Crippen LogP contribution < -0.4 is 0 Å². The monoisotopic (exact) mass is 258 g/mol. The van der Waals surface area contributed by atoms with Gasteiger partial charge >= 0.3 is 0 Å². The van der Waals surface area contributed by atoms with Gasteiger partial charge in [-0.1, -0.05) is 6.07 Å². The quantitative estimate of drug-likeness (QED) is 0.853. The average molecular weight is 258 g/mol. The number of hydrogen-bond donors (Lipinski definition) is 1. The van der Waals surface area contributed by atoms with E-state index in [1.54, 1.807) is 0 Å². The van der Waals surface area contributed by atoms with Gasteiger partial charge in [-0.25, -0.2) is 0 Å². The molecule has 100 valence electrons. The summed E-state index contributed by atoms with van der Waals surface area (Å²) in [4.78, 5) is 17.7. The Morgan fingerprint density at radius 3 is 3.00 bits per heavy atom. The Labute approximate surface area is 112 Å². The van der Waals surface area contributed by atoms with Gasteiger partial charge in [0.15, 0.2) is 0 Å². The number of nitrogens with one attached hydrogen (secondary N) is 1. The second-order valence-corrected chi connectivity index (χ2v) is 5.60. The van der Waals surface area contributed by atoms with Crippen molar-refractivity contribution in [3.05, 3.63) is 36.0 Å². The van der Waals surface area contributed by atoms with E-state index in [1.807, 2.05) is 49.2 Å². The fraction of sp³-hybridized carbons (Fsp3) is 0.400. The zero-order valence-corrected chi connectivity index (χ0v) is 11.3. The molecule has 1 fully saturated rings. The predicted octanol–water partition coefficient (Wildman–Crippen LogP) is 2.42. The summed E-state index contributed by atoms with van der Waals surface area (Å²) < 4.78 is 5.46. The van der Waals surface area contributed by atoms with Crippen molar-refractivity contribution in [1.29, 1.82) is 0 Å². The van der Waals surface area contributed by atoms with E-state index in [2.05, 4.69) is 4.98 Å². The Morgan fingerprint density at radius 1 is 1.37 bits per heavy atom. The highest BCUT2D eigenvalue weighted by Gasteiger charge is 2.34. The van der Waals surface area contributed by atoms with Crippen LogP contribution in [-0.2, 0) is 4.74 Å². The molecule has 2 heterocycles. The molecule has 0 bridgehead atoms. The number of carbonyl (C=O) groups excluding carboxylic acids is 1. The van der Waals surface area contributed by atoms with Crippen LogP contribution in [0.3, 0.4) is 0 Å². The number of rotatable bonds is 1. The number of carbonyl (C=O) groups is 1. The van der Waals surface area contributed by atoms with Crippen LogP contribution in [0.2, 0.25) is 0 Å². The van der Waals surface area contributed by atoms with Crippen molar-refractivity contribution in [1.82, 2.24) is 9.88 Å². The van der Waals surface area contributed by atoms with E-state index in [9.17, 15) is 4.79 Å². The minimum Gasteiger partial charge on any atom is -0.377 e. The highest BCUT2D eigenvalue weighted by Crippen LogP contribution is 2.23. The fourth-order valence-corrected chi connectivity index (χ4v) is 2.57. The molecule has 1 aliphatic rings. The topological polar surface area (TPSA) is 45.3 Å². The van der Waals surface area contributed by atoms with Crippen LogP contribution in [0.4, 0.5) is 0 Å². The Bertz CT molecular complexity index is 615. The summed E-state index contributed by atoms with van der Waals surface area (Å²) in [5.74, 6) is 0.0739. The van der Waals surface area contributed by atoms with Crippen molar-refractivity contribution < 1.29 is 9.53 Å². The summed E-state index contributed by atoms with van der Waals surface area (Å²) in [6.07, 6.45) is 1.89. The second kappa shape index (κ2) is 4.38. The molecule has 4 nitrogen and oxygen atoms in total. The third-order valence-electron chi connectivity index (χ3n) is 3.69. The average Bonchev–Trinajstić information content (AvgIpc) is 2.84. The summed E-state index contributed by atoms with van der Waals surface area (Å²) in [5.41, 5.74) is 1.47. The van der Waals surface area contributed by atoms with Gasteiger partial charge in [0.25, 0.3) is 5.91 Å². The number of H-pyrrole nitrogens is 1. The molecule has 0 aliphatic carbocycles. The number of nitrogens with zero attached hydrogens (tertiary/aromatic N) is 1. The van der Waals surface area contributed by atoms with Gasteiger partial charge in [-0.2, -0.15) is 0 Å². The van der Waals surface area contributed by atoms with Gasteiger partial charge in [-0.05, 0) is 37.4 Å². The molecule has 2 aromatic rings. The molecule has 4 heteroatoms. The van der Waals surface area contributed by atoms with Gasteiger partial charge in [0.05, 0.1) is 18.8 Å². The van der Waals surface area contributed by atoms with Crippen molar-refractivity contribution in [3.8, 4) is 0 Å². The highest BCUT2D eigenvalue weighted by atomic mass is 16.5. The third-order valence-corrected chi connectivity index (χ3v) is 3.69. The van der Waals surface area contributed by atoms with Crippen molar-refractivity contribution in [2.75, 3.05) is 19.8 Å². The van der Waals surface area contributed by atoms with Gasteiger partial charge in [-0.3, -0.25) is 4.79 Å². The maximum atomic E-state index is 12.6. The van der Waals surface area contributed by atoms with Gasteiger partial charge in [0, 0.05) is 23.8 Å². The fourth-order valence-electron chi connectivity index (χ4n) is 2.57. The molecule has 0 saturated carbocycles. The number of aromatic amines is 1. The van der Waals surface area contributed by atoms with E-state index in [-0.39, 0.29) is 11.4 Å².